The number of hydrogen-bond acceptors (Lipinski definition) is 1. The first kappa shape index (κ1) is 10.8. The lowest BCUT2D eigenvalue weighted by molar-refractivity contribution is 0.154. The molecule has 0 rings (SSSR count). The zero-order valence-corrected chi connectivity index (χ0v) is 8.77. The SMILES string of the molecule is CCOCCC#CCC#CI. The Balaban J connectivity index is 3.17. The maximum Gasteiger partial charge on any atom is 0.0710 e. The van der Waals surface area contributed by atoms with Crippen LogP contribution in [0.2, 0.25) is 0 Å². The van der Waals surface area contributed by atoms with Gasteiger partial charge in [0.1, 0.15) is 0 Å². The van der Waals surface area contributed by atoms with Crippen molar-refractivity contribution in [2.24, 2.45) is 0 Å². The summed E-state index contributed by atoms with van der Waals surface area (Å²) in [4.78, 5) is 0. The lowest BCUT2D eigenvalue weighted by atomic mass is 10.4. The van der Waals surface area contributed by atoms with Crippen LogP contribution in [-0.2, 0) is 4.74 Å². The molecule has 1 nitrogen and oxygen atoms in total. The summed E-state index contributed by atoms with van der Waals surface area (Å²) in [5.41, 5.74) is 0. The molecule has 0 atom stereocenters. The Morgan fingerprint density at radius 3 is 2.73 bits per heavy atom. The van der Waals surface area contributed by atoms with E-state index in [0.29, 0.717) is 6.42 Å². The minimum atomic E-state index is 0.676. The van der Waals surface area contributed by atoms with Gasteiger partial charge in [0, 0.05) is 35.6 Å². The van der Waals surface area contributed by atoms with Crippen molar-refractivity contribution in [3.63, 3.8) is 0 Å². The first-order valence-corrected chi connectivity index (χ1v) is 4.61. The molecular formula is C9H11IO. The van der Waals surface area contributed by atoms with Gasteiger partial charge in [-0.25, -0.2) is 0 Å². The van der Waals surface area contributed by atoms with Crippen molar-refractivity contribution in [2.75, 3.05) is 13.2 Å². The Labute approximate surface area is 82.0 Å². The smallest absolute Gasteiger partial charge is 0.0710 e. The molecule has 0 spiro atoms. The van der Waals surface area contributed by atoms with Gasteiger partial charge in [0.2, 0.25) is 0 Å². The molecule has 0 aliphatic carbocycles. The summed E-state index contributed by atoms with van der Waals surface area (Å²) >= 11 is 2.01. The van der Waals surface area contributed by atoms with E-state index < -0.39 is 0 Å². The van der Waals surface area contributed by atoms with Gasteiger partial charge in [-0.1, -0.05) is 17.8 Å². The molecule has 0 saturated carbocycles. The molecule has 0 radical (unpaired) electrons. The van der Waals surface area contributed by atoms with Gasteiger partial charge in [0.25, 0.3) is 0 Å². The zero-order valence-electron chi connectivity index (χ0n) is 6.61. The van der Waals surface area contributed by atoms with Gasteiger partial charge in [-0.2, -0.15) is 0 Å². The second-order valence-electron chi connectivity index (χ2n) is 1.75. The van der Waals surface area contributed by atoms with Crippen LogP contribution in [-0.4, -0.2) is 13.2 Å². The molecule has 11 heavy (non-hydrogen) atoms. The third-order valence-corrected chi connectivity index (χ3v) is 1.33. The van der Waals surface area contributed by atoms with E-state index in [-0.39, 0.29) is 0 Å². The Bertz CT molecular complexity index is 189. The van der Waals surface area contributed by atoms with Crippen molar-refractivity contribution < 1.29 is 4.74 Å². The molecule has 0 aliphatic heterocycles. The molecule has 2 heteroatoms. The van der Waals surface area contributed by atoms with E-state index in [1.54, 1.807) is 0 Å². The van der Waals surface area contributed by atoms with E-state index in [2.05, 4.69) is 21.7 Å². The highest BCUT2D eigenvalue weighted by molar-refractivity contribution is 14.1. The van der Waals surface area contributed by atoms with E-state index in [1.807, 2.05) is 29.5 Å². The highest BCUT2D eigenvalue weighted by Gasteiger charge is 1.77. The highest BCUT2D eigenvalue weighted by Crippen LogP contribution is 1.80. The lowest BCUT2D eigenvalue weighted by Crippen LogP contribution is -1.90. The number of halogens is 1. The normalized spacial score (nSPS) is 7.45. The topological polar surface area (TPSA) is 9.23 Å². The summed E-state index contributed by atoms with van der Waals surface area (Å²) in [6, 6.07) is 0. The van der Waals surface area contributed by atoms with Gasteiger partial charge < -0.3 is 4.74 Å². The molecule has 0 N–H and O–H groups in total. The number of hydrogen-bond donors (Lipinski definition) is 0. The molecule has 0 aliphatic rings. The van der Waals surface area contributed by atoms with Crippen molar-refractivity contribution in [3.8, 4) is 21.7 Å². The minimum Gasteiger partial charge on any atom is -0.381 e. The monoisotopic (exact) mass is 262 g/mol. The number of ether oxygens (including phenoxy) is 1. The maximum absolute atomic E-state index is 5.10. The fourth-order valence-corrected chi connectivity index (χ4v) is 0.687. The zero-order chi connectivity index (χ0) is 8.36. The Morgan fingerprint density at radius 1 is 1.27 bits per heavy atom. The highest BCUT2D eigenvalue weighted by atomic mass is 127. The standard InChI is InChI=1S/C9H11IO/c1-2-11-9-7-5-3-4-6-8-10/h2,4,7,9H2,1H3. The summed E-state index contributed by atoms with van der Waals surface area (Å²) in [6.07, 6.45) is 1.49. The average Bonchev–Trinajstić information content (AvgIpc) is 2.03. The van der Waals surface area contributed by atoms with E-state index in [1.165, 1.54) is 0 Å². The first-order chi connectivity index (χ1) is 5.41. The first-order valence-electron chi connectivity index (χ1n) is 3.53. The molecule has 0 aromatic rings. The van der Waals surface area contributed by atoms with Crippen LogP contribution in [0.25, 0.3) is 0 Å². The fraction of sp³-hybridized carbons (Fsp3) is 0.556. The van der Waals surface area contributed by atoms with Gasteiger partial charge in [0.05, 0.1) is 13.0 Å². The van der Waals surface area contributed by atoms with Crippen LogP contribution in [0.4, 0.5) is 0 Å². The third-order valence-electron chi connectivity index (χ3n) is 0.944. The predicted molar refractivity (Wildman–Crippen MR) is 55.3 cm³/mol. The molecule has 0 saturated heterocycles. The average molecular weight is 262 g/mol. The summed E-state index contributed by atoms with van der Waals surface area (Å²) < 4.78 is 7.86. The lowest BCUT2D eigenvalue weighted by Gasteiger charge is -1.92. The summed E-state index contributed by atoms with van der Waals surface area (Å²) in [5.74, 6) is 8.77. The van der Waals surface area contributed by atoms with Crippen LogP contribution in [0.3, 0.4) is 0 Å². The molecule has 0 amide bonds. The summed E-state index contributed by atoms with van der Waals surface area (Å²) in [6.45, 7) is 3.49. The molecule has 0 aromatic heterocycles. The number of rotatable bonds is 3. The van der Waals surface area contributed by atoms with E-state index >= 15 is 0 Å². The summed E-state index contributed by atoms with van der Waals surface area (Å²) in [5, 5.41) is 0. The molecule has 0 bridgehead atoms. The van der Waals surface area contributed by atoms with E-state index in [4.69, 9.17) is 4.74 Å². The van der Waals surface area contributed by atoms with Gasteiger partial charge in [-0.15, -0.1) is 0 Å². The Hall–Kier alpha value is -0.190. The molecule has 0 unspecified atom stereocenters. The molecule has 0 fully saturated rings. The van der Waals surface area contributed by atoms with Gasteiger partial charge in [-0.05, 0) is 10.9 Å². The Morgan fingerprint density at radius 2 is 2.09 bits per heavy atom. The van der Waals surface area contributed by atoms with Crippen LogP contribution in [0.15, 0.2) is 0 Å². The predicted octanol–water partition coefficient (Wildman–Crippen LogP) is 2.20. The molecule has 0 heterocycles. The molecule has 60 valence electrons. The van der Waals surface area contributed by atoms with Crippen molar-refractivity contribution in [3.05, 3.63) is 0 Å². The quantitative estimate of drug-likeness (QED) is 0.430. The van der Waals surface area contributed by atoms with Gasteiger partial charge in [-0.3, -0.25) is 0 Å². The van der Waals surface area contributed by atoms with Crippen molar-refractivity contribution in [1.29, 1.82) is 0 Å². The van der Waals surface area contributed by atoms with Crippen LogP contribution < -0.4 is 0 Å². The third kappa shape index (κ3) is 9.81. The van der Waals surface area contributed by atoms with E-state index in [9.17, 15) is 0 Å². The van der Waals surface area contributed by atoms with Crippen LogP contribution in [0.1, 0.15) is 19.8 Å². The largest absolute Gasteiger partial charge is 0.381 e. The minimum absolute atomic E-state index is 0.676. The van der Waals surface area contributed by atoms with Crippen LogP contribution >= 0.6 is 22.6 Å². The van der Waals surface area contributed by atoms with Crippen molar-refractivity contribution in [2.45, 2.75) is 19.8 Å². The molecule has 0 aromatic carbocycles. The van der Waals surface area contributed by atoms with Crippen molar-refractivity contribution in [1.82, 2.24) is 0 Å². The van der Waals surface area contributed by atoms with Gasteiger partial charge >= 0.3 is 0 Å². The van der Waals surface area contributed by atoms with Crippen LogP contribution in [0.5, 0.6) is 0 Å². The Kier molecular flexibility index (Phi) is 9.64. The van der Waals surface area contributed by atoms with Crippen molar-refractivity contribution >= 4 is 22.6 Å². The second kappa shape index (κ2) is 9.81. The maximum atomic E-state index is 5.10. The van der Waals surface area contributed by atoms with E-state index in [0.717, 1.165) is 19.6 Å². The summed E-state index contributed by atoms with van der Waals surface area (Å²) in [7, 11) is 0. The fourth-order valence-electron chi connectivity index (χ4n) is 0.496. The van der Waals surface area contributed by atoms with Crippen LogP contribution in [0, 0.1) is 21.7 Å². The molecular weight excluding hydrogens is 251 g/mol. The van der Waals surface area contributed by atoms with Gasteiger partial charge in [0.15, 0.2) is 0 Å². The second-order valence-corrected chi connectivity index (χ2v) is 2.29.